The Hall–Kier alpha value is -1.30. The Labute approximate surface area is 139 Å². The Bertz CT molecular complexity index is 475. The van der Waals surface area contributed by atoms with Crippen LogP contribution in [-0.4, -0.2) is 56.5 Å². The van der Waals surface area contributed by atoms with Crippen molar-refractivity contribution in [1.82, 2.24) is 10.2 Å². The zero-order chi connectivity index (χ0) is 16.7. The third-order valence-electron chi connectivity index (χ3n) is 4.44. The van der Waals surface area contributed by atoms with Crippen molar-refractivity contribution in [2.24, 2.45) is 5.92 Å². The van der Waals surface area contributed by atoms with E-state index in [0.717, 1.165) is 49.5 Å². The van der Waals surface area contributed by atoms with E-state index in [2.05, 4.69) is 16.3 Å². The Balaban J connectivity index is 1.97. The third kappa shape index (κ3) is 5.09. The van der Waals surface area contributed by atoms with Crippen molar-refractivity contribution in [3.8, 4) is 11.5 Å². The van der Waals surface area contributed by atoms with Crippen LogP contribution in [-0.2, 0) is 6.54 Å². The molecule has 1 aromatic rings. The zero-order valence-electron chi connectivity index (χ0n) is 14.5. The number of rotatable bonds is 8. The quantitative estimate of drug-likeness (QED) is 0.765. The molecular formula is C18H30N2O3. The molecule has 1 unspecified atom stereocenters. The van der Waals surface area contributed by atoms with Crippen LogP contribution in [0.4, 0.5) is 0 Å². The van der Waals surface area contributed by atoms with Crippen LogP contribution in [0.5, 0.6) is 11.5 Å². The predicted molar refractivity (Wildman–Crippen MR) is 92.1 cm³/mol. The number of benzene rings is 1. The number of nitrogens with zero attached hydrogens (tertiary/aromatic N) is 1. The average molecular weight is 322 g/mol. The number of aliphatic hydroxyl groups excluding tert-OH is 1. The maximum Gasteiger partial charge on any atom is 0.165 e. The number of ether oxygens (including phenoxy) is 2. The van der Waals surface area contributed by atoms with Gasteiger partial charge in [0.15, 0.2) is 11.5 Å². The van der Waals surface area contributed by atoms with Gasteiger partial charge in [-0.25, -0.2) is 0 Å². The number of piperidine rings is 1. The molecule has 0 aromatic heterocycles. The van der Waals surface area contributed by atoms with Crippen LogP contribution in [0.3, 0.4) is 0 Å². The minimum absolute atomic E-state index is 0.275. The van der Waals surface area contributed by atoms with E-state index in [9.17, 15) is 5.11 Å². The summed E-state index contributed by atoms with van der Waals surface area (Å²) in [6.45, 7) is 6.00. The van der Waals surface area contributed by atoms with Crippen LogP contribution in [0.2, 0.25) is 0 Å². The van der Waals surface area contributed by atoms with E-state index in [-0.39, 0.29) is 6.10 Å². The average Bonchev–Trinajstić information content (AvgIpc) is 2.57. The van der Waals surface area contributed by atoms with Gasteiger partial charge < -0.3 is 19.9 Å². The first kappa shape index (κ1) is 18.0. The first-order valence-corrected chi connectivity index (χ1v) is 8.51. The molecule has 5 nitrogen and oxygen atoms in total. The molecule has 2 rings (SSSR count). The Morgan fingerprint density at radius 1 is 1.35 bits per heavy atom. The minimum Gasteiger partial charge on any atom is -0.493 e. The molecule has 0 bridgehead atoms. The lowest BCUT2D eigenvalue weighted by molar-refractivity contribution is 0.0559. The summed E-state index contributed by atoms with van der Waals surface area (Å²) in [5.41, 5.74) is 1.09. The monoisotopic (exact) mass is 322 g/mol. The molecule has 1 aromatic carbocycles. The number of methoxy groups -OCH3 is 1. The van der Waals surface area contributed by atoms with Gasteiger partial charge in [-0.1, -0.05) is 12.1 Å². The van der Waals surface area contributed by atoms with Crippen LogP contribution in [0.25, 0.3) is 0 Å². The van der Waals surface area contributed by atoms with E-state index in [0.29, 0.717) is 19.1 Å². The molecule has 1 saturated heterocycles. The van der Waals surface area contributed by atoms with E-state index in [4.69, 9.17) is 9.47 Å². The lowest BCUT2D eigenvalue weighted by atomic mass is 9.92. The number of likely N-dealkylation sites (N-methyl/N-ethyl adjacent to an activating group) is 1. The summed E-state index contributed by atoms with van der Waals surface area (Å²) >= 11 is 0. The maximum absolute atomic E-state index is 10.5. The molecule has 23 heavy (non-hydrogen) atoms. The van der Waals surface area contributed by atoms with Crippen molar-refractivity contribution in [3.63, 3.8) is 0 Å². The Kier molecular flexibility index (Phi) is 7.15. The number of hydrogen-bond donors (Lipinski definition) is 2. The van der Waals surface area contributed by atoms with Crippen molar-refractivity contribution in [2.75, 3.05) is 40.4 Å². The Morgan fingerprint density at radius 3 is 2.74 bits per heavy atom. The molecule has 0 saturated carbocycles. The van der Waals surface area contributed by atoms with Gasteiger partial charge in [-0.3, -0.25) is 4.90 Å². The molecule has 130 valence electrons. The molecule has 0 radical (unpaired) electrons. The summed E-state index contributed by atoms with van der Waals surface area (Å²) in [5, 5.41) is 13.8. The molecule has 5 heteroatoms. The van der Waals surface area contributed by atoms with Gasteiger partial charge >= 0.3 is 0 Å². The Morgan fingerprint density at radius 2 is 2.09 bits per heavy atom. The van der Waals surface area contributed by atoms with Gasteiger partial charge in [0.25, 0.3) is 0 Å². The fraction of sp³-hybridized carbons (Fsp3) is 0.667. The van der Waals surface area contributed by atoms with Gasteiger partial charge in [-0.2, -0.15) is 0 Å². The van der Waals surface area contributed by atoms with Gasteiger partial charge in [0.2, 0.25) is 0 Å². The van der Waals surface area contributed by atoms with Crippen molar-refractivity contribution in [3.05, 3.63) is 23.8 Å². The number of para-hydroxylation sites is 1. The normalized spacial score (nSPS) is 17.3. The first-order chi connectivity index (χ1) is 11.2. The molecule has 0 aliphatic carbocycles. The van der Waals surface area contributed by atoms with E-state index in [1.165, 1.54) is 0 Å². The largest absolute Gasteiger partial charge is 0.493 e. The lowest BCUT2D eigenvalue weighted by Gasteiger charge is -2.30. The predicted octanol–water partition coefficient (Wildman–Crippen LogP) is 1.89. The molecule has 1 heterocycles. The topological polar surface area (TPSA) is 54.0 Å². The highest BCUT2D eigenvalue weighted by molar-refractivity contribution is 5.46. The van der Waals surface area contributed by atoms with Crippen LogP contribution < -0.4 is 14.8 Å². The number of nitrogens with one attached hydrogen (secondary N) is 1. The smallest absolute Gasteiger partial charge is 0.165 e. The highest BCUT2D eigenvalue weighted by atomic mass is 16.5. The third-order valence-corrected chi connectivity index (χ3v) is 4.44. The number of aliphatic hydroxyl groups is 1. The summed E-state index contributed by atoms with van der Waals surface area (Å²) in [5.74, 6) is 1.97. The standard InChI is InChI=1S/C18H30N2O3/c1-4-23-18-15(6-5-7-17(18)22-3)12-20(2)13-16(21)14-8-10-19-11-9-14/h5-7,14,16,19,21H,4,8-13H2,1-3H3. The van der Waals surface area contributed by atoms with Crippen molar-refractivity contribution < 1.29 is 14.6 Å². The lowest BCUT2D eigenvalue weighted by Crippen LogP contribution is -2.39. The summed E-state index contributed by atoms with van der Waals surface area (Å²) in [4.78, 5) is 2.16. The van der Waals surface area contributed by atoms with E-state index >= 15 is 0 Å². The first-order valence-electron chi connectivity index (χ1n) is 8.51. The maximum atomic E-state index is 10.5. The molecule has 1 aliphatic rings. The molecular weight excluding hydrogens is 292 g/mol. The van der Waals surface area contributed by atoms with Gasteiger partial charge in [-0.15, -0.1) is 0 Å². The van der Waals surface area contributed by atoms with Gasteiger partial charge in [0.05, 0.1) is 19.8 Å². The number of hydrogen-bond acceptors (Lipinski definition) is 5. The summed E-state index contributed by atoms with van der Waals surface area (Å²) in [6.07, 6.45) is 1.83. The van der Waals surface area contributed by atoms with Crippen molar-refractivity contribution in [1.29, 1.82) is 0 Å². The molecule has 0 amide bonds. The second-order valence-corrected chi connectivity index (χ2v) is 6.23. The fourth-order valence-electron chi connectivity index (χ4n) is 3.21. The highest BCUT2D eigenvalue weighted by Crippen LogP contribution is 2.32. The summed E-state index contributed by atoms with van der Waals surface area (Å²) < 4.78 is 11.2. The second kappa shape index (κ2) is 9.11. The summed E-state index contributed by atoms with van der Waals surface area (Å²) in [7, 11) is 3.70. The van der Waals surface area contributed by atoms with E-state index in [1.807, 2.05) is 26.1 Å². The molecule has 1 fully saturated rings. The highest BCUT2D eigenvalue weighted by Gasteiger charge is 2.23. The van der Waals surface area contributed by atoms with E-state index < -0.39 is 0 Å². The zero-order valence-corrected chi connectivity index (χ0v) is 14.5. The van der Waals surface area contributed by atoms with Gasteiger partial charge in [0.1, 0.15) is 0 Å². The molecule has 1 aliphatic heterocycles. The molecule has 0 spiro atoms. The van der Waals surface area contributed by atoms with Crippen molar-refractivity contribution in [2.45, 2.75) is 32.4 Å². The van der Waals surface area contributed by atoms with Crippen LogP contribution >= 0.6 is 0 Å². The van der Waals surface area contributed by atoms with Gasteiger partial charge in [0, 0.05) is 18.7 Å². The van der Waals surface area contributed by atoms with Crippen molar-refractivity contribution >= 4 is 0 Å². The van der Waals surface area contributed by atoms with E-state index in [1.54, 1.807) is 7.11 Å². The van der Waals surface area contributed by atoms with Gasteiger partial charge in [-0.05, 0) is 51.9 Å². The van der Waals surface area contributed by atoms with Crippen LogP contribution in [0.15, 0.2) is 18.2 Å². The van der Waals surface area contributed by atoms with Crippen LogP contribution in [0.1, 0.15) is 25.3 Å². The molecule has 1 atom stereocenters. The second-order valence-electron chi connectivity index (χ2n) is 6.23. The summed E-state index contributed by atoms with van der Waals surface area (Å²) in [6, 6.07) is 5.95. The minimum atomic E-state index is -0.275. The van der Waals surface area contributed by atoms with Crippen LogP contribution in [0, 0.1) is 5.92 Å². The fourth-order valence-corrected chi connectivity index (χ4v) is 3.21. The molecule has 2 N–H and O–H groups in total. The SMILES string of the molecule is CCOc1c(CN(C)CC(O)C2CCNCC2)cccc1OC.